The lowest BCUT2D eigenvalue weighted by Gasteiger charge is -2.17. The van der Waals surface area contributed by atoms with Gasteiger partial charge in [0.25, 0.3) is 5.91 Å². The molecule has 0 radical (unpaired) electrons. The molecule has 1 amide bonds. The van der Waals surface area contributed by atoms with Gasteiger partial charge in [-0.1, -0.05) is 60.7 Å². The molecule has 1 aliphatic rings. The van der Waals surface area contributed by atoms with Crippen molar-refractivity contribution in [3.8, 4) is 11.3 Å². The number of carboxylic acids is 1. The minimum atomic E-state index is -0.860. The summed E-state index contributed by atoms with van der Waals surface area (Å²) in [4.78, 5) is 26.6. The standard InChI is InChI=1S/C23H22N2O3/c1-24-20(17-10-6-3-7-11-17)12-13-21(24)22(26)25-14-18(19(15-25)23(27)28)16-8-4-2-5-9-16/h2-13,18-19H,14-15H2,1H3,(H,27,28)/t18-,19+/m0/s1. The number of carbonyl (C=O) groups excluding carboxylic acids is 1. The van der Waals surface area contributed by atoms with Crippen molar-refractivity contribution < 1.29 is 14.7 Å². The van der Waals surface area contributed by atoms with Crippen LogP contribution in [0.3, 0.4) is 0 Å². The van der Waals surface area contributed by atoms with Crippen LogP contribution in [0.4, 0.5) is 0 Å². The molecule has 2 aromatic carbocycles. The molecule has 0 unspecified atom stereocenters. The Balaban J connectivity index is 1.61. The molecular formula is C23H22N2O3. The quantitative estimate of drug-likeness (QED) is 0.758. The summed E-state index contributed by atoms with van der Waals surface area (Å²) in [6.45, 7) is 0.630. The van der Waals surface area contributed by atoms with Crippen LogP contribution >= 0.6 is 0 Å². The summed E-state index contributed by atoms with van der Waals surface area (Å²) >= 11 is 0. The van der Waals surface area contributed by atoms with E-state index in [0.717, 1.165) is 16.8 Å². The van der Waals surface area contributed by atoms with Crippen molar-refractivity contribution in [2.24, 2.45) is 13.0 Å². The van der Waals surface area contributed by atoms with Gasteiger partial charge in [-0.15, -0.1) is 0 Å². The fraction of sp³-hybridized carbons (Fsp3) is 0.217. The van der Waals surface area contributed by atoms with Crippen LogP contribution in [0.5, 0.6) is 0 Å². The summed E-state index contributed by atoms with van der Waals surface area (Å²) in [7, 11) is 1.87. The maximum absolute atomic E-state index is 13.2. The van der Waals surface area contributed by atoms with Gasteiger partial charge in [-0.05, 0) is 23.3 Å². The number of carbonyl (C=O) groups is 2. The molecule has 5 nitrogen and oxygen atoms in total. The van der Waals surface area contributed by atoms with Crippen molar-refractivity contribution in [3.63, 3.8) is 0 Å². The molecular weight excluding hydrogens is 352 g/mol. The molecule has 28 heavy (non-hydrogen) atoms. The van der Waals surface area contributed by atoms with E-state index in [9.17, 15) is 14.7 Å². The van der Waals surface area contributed by atoms with Crippen molar-refractivity contribution in [1.29, 1.82) is 0 Å². The van der Waals surface area contributed by atoms with Crippen LogP contribution in [0.15, 0.2) is 72.8 Å². The van der Waals surface area contributed by atoms with Crippen molar-refractivity contribution >= 4 is 11.9 Å². The fourth-order valence-electron chi connectivity index (χ4n) is 4.04. The Labute approximate surface area is 163 Å². The third kappa shape index (κ3) is 3.20. The highest BCUT2D eigenvalue weighted by Crippen LogP contribution is 2.34. The second-order valence-electron chi connectivity index (χ2n) is 7.20. The number of aliphatic carboxylic acids is 1. The minimum absolute atomic E-state index is 0.130. The number of carboxylic acid groups (broad SMARTS) is 1. The average Bonchev–Trinajstić information content (AvgIpc) is 3.33. The van der Waals surface area contributed by atoms with E-state index in [-0.39, 0.29) is 18.4 Å². The molecule has 2 heterocycles. The first-order valence-corrected chi connectivity index (χ1v) is 9.34. The lowest BCUT2D eigenvalue weighted by molar-refractivity contribution is -0.141. The van der Waals surface area contributed by atoms with Gasteiger partial charge in [-0.3, -0.25) is 9.59 Å². The second-order valence-corrected chi connectivity index (χ2v) is 7.20. The molecule has 0 spiro atoms. The summed E-state index contributed by atoms with van der Waals surface area (Å²) in [5.41, 5.74) is 3.52. The molecule has 1 N–H and O–H groups in total. The summed E-state index contributed by atoms with van der Waals surface area (Å²) in [5, 5.41) is 9.68. The summed E-state index contributed by atoms with van der Waals surface area (Å²) < 4.78 is 1.88. The smallest absolute Gasteiger partial charge is 0.308 e. The Morgan fingerprint density at radius 2 is 1.54 bits per heavy atom. The molecule has 0 aliphatic carbocycles. The highest BCUT2D eigenvalue weighted by atomic mass is 16.4. The van der Waals surface area contributed by atoms with Gasteiger partial charge >= 0.3 is 5.97 Å². The highest BCUT2D eigenvalue weighted by molar-refractivity contribution is 5.94. The van der Waals surface area contributed by atoms with Gasteiger partial charge in [0.05, 0.1) is 5.92 Å². The summed E-state index contributed by atoms with van der Waals surface area (Å²) in [6, 6.07) is 23.2. The number of aromatic nitrogens is 1. The van der Waals surface area contributed by atoms with E-state index in [4.69, 9.17) is 0 Å². The van der Waals surface area contributed by atoms with Crippen LogP contribution < -0.4 is 0 Å². The Kier molecular flexibility index (Phi) is 4.74. The van der Waals surface area contributed by atoms with Gasteiger partial charge in [-0.25, -0.2) is 0 Å². The lowest BCUT2D eigenvalue weighted by Crippen LogP contribution is -2.31. The van der Waals surface area contributed by atoms with Crippen molar-refractivity contribution in [1.82, 2.24) is 9.47 Å². The topological polar surface area (TPSA) is 62.5 Å². The Bertz CT molecular complexity index is 995. The summed E-state index contributed by atoms with van der Waals surface area (Å²) in [5.74, 6) is -1.79. The monoisotopic (exact) mass is 374 g/mol. The third-order valence-corrected chi connectivity index (χ3v) is 5.56. The Morgan fingerprint density at radius 1 is 0.893 bits per heavy atom. The maximum atomic E-state index is 13.2. The van der Waals surface area contributed by atoms with E-state index in [2.05, 4.69) is 0 Å². The normalized spacial score (nSPS) is 19.0. The molecule has 2 atom stereocenters. The number of amides is 1. The molecule has 1 aliphatic heterocycles. The minimum Gasteiger partial charge on any atom is -0.481 e. The van der Waals surface area contributed by atoms with Crippen LogP contribution in [0.1, 0.15) is 22.0 Å². The Hall–Kier alpha value is -3.34. The molecule has 1 aromatic heterocycles. The number of rotatable bonds is 4. The first kappa shape index (κ1) is 18.0. The number of likely N-dealkylation sites (tertiary alicyclic amines) is 1. The van der Waals surface area contributed by atoms with Crippen LogP contribution in [0.2, 0.25) is 0 Å². The van der Waals surface area contributed by atoms with Crippen LogP contribution in [-0.2, 0) is 11.8 Å². The second kappa shape index (κ2) is 7.35. The number of nitrogens with zero attached hydrogens (tertiary/aromatic N) is 2. The van der Waals surface area contributed by atoms with E-state index in [1.54, 1.807) is 4.90 Å². The van der Waals surface area contributed by atoms with Gasteiger partial charge in [-0.2, -0.15) is 0 Å². The molecule has 4 rings (SSSR count). The first-order chi connectivity index (χ1) is 13.6. The molecule has 1 saturated heterocycles. The van der Waals surface area contributed by atoms with E-state index >= 15 is 0 Å². The summed E-state index contributed by atoms with van der Waals surface area (Å²) in [6.07, 6.45) is 0. The van der Waals surface area contributed by atoms with Gasteiger partial charge in [0.1, 0.15) is 5.69 Å². The molecule has 142 valence electrons. The number of hydrogen-bond donors (Lipinski definition) is 1. The van der Waals surface area contributed by atoms with E-state index in [1.165, 1.54) is 0 Å². The molecule has 0 saturated carbocycles. The van der Waals surface area contributed by atoms with E-state index in [0.29, 0.717) is 12.2 Å². The number of benzene rings is 2. The van der Waals surface area contributed by atoms with Crippen molar-refractivity contribution in [2.45, 2.75) is 5.92 Å². The zero-order valence-corrected chi connectivity index (χ0v) is 15.7. The van der Waals surface area contributed by atoms with Crippen LogP contribution in [0.25, 0.3) is 11.3 Å². The largest absolute Gasteiger partial charge is 0.481 e. The number of hydrogen-bond acceptors (Lipinski definition) is 2. The maximum Gasteiger partial charge on any atom is 0.308 e. The van der Waals surface area contributed by atoms with Gasteiger partial charge in [0.2, 0.25) is 0 Å². The van der Waals surface area contributed by atoms with Gasteiger partial charge in [0.15, 0.2) is 0 Å². The zero-order chi connectivity index (χ0) is 19.7. The first-order valence-electron chi connectivity index (χ1n) is 9.34. The highest BCUT2D eigenvalue weighted by Gasteiger charge is 2.41. The average molecular weight is 374 g/mol. The van der Waals surface area contributed by atoms with E-state index < -0.39 is 11.9 Å². The van der Waals surface area contributed by atoms with Crippen LogP contribution in [0, 0.1) is 5.92 Å². The molecule has 0 bridgehead atoms. The molecule has 1 fully saturated rings. The van der Waals surface area contributed by atoms with Crippen molar-refractivity contribution in [2.75, 3.05) is 13.1 Å². The zero-order valence-electron chi connectivity index (χ0n) is 15.7. The van der Waals surface area contributed by atoms with Crippen LogP contribution in [-0.4, -0.2) is 39.5 Å². The molecule has 3 aromatic rings. The van der Waals surface area contributed by atoms with Gasteiger partial charge in [0, 0.05) is 31.7 Å². The van der Waals surface area contributed by atoms with Gasteiger partial charge < -0.3 is 14.6 Å². The predicted molar refractivity (Wildman–Crippen MR) is 107 cm³/mol. The van der Waals surface area contributed by atoms with E-state index in [1.807, 2.05) is 84.4 Å². The third-order valence-electron chi connectivity index (χ3n) is 5.56. The lowest BCUT2D eigenvalue weighted by atomic mass is 9.89. The SMILES string of the molecule is Cn1c(C(=O)N2C[C@@H](C(=O)O)[C@H](c3ccccc3)C2)ccc1-c1ccccc1. The predicted octanol–water partition coefficient (Wildman–Crippen LogP) is 3.63. The van der Waals surface area contributed by atoms with Crippen molar-refractivity contribution in [3.05, 3.63) is 84.1 Å². The Morgan fingerprint density at radius 3 is 2.18 bits per heavy atom. The molecule has 5 heteroatoms. The fourth-order valence-corrected chi connectivity index (χ4v) is 4.04.